The van der Waals surface area contributed by atoms with Gasteiger partial charge in [-0.3, -0.25) is 9.59 Å². The van der Waals surface area contributed by atoms with Crippen molar-refractivity contribution in [1.82, 2.24) is 10.3 Å². The number of ether oxygens (including phenoxy) is 2. The molecule has 5 N–H and O–H groups in total. The summed E-state index contributed by atoms with van der Waals surface area (Å²) in [5.74, 6) is 0.398. The number of carboxylic acids is 1. The molecule has 1 aromatic heterocycles. The Morgan fingerprint density at radius 1 is 0.983 bits per heavy atom. The number of rotatable bonds is 12. The lowest BCUT2D eigenvalue weighted by atomic mass is 9.33. The Morgan fingerprint density at radius 2 is 1.74 bits per heavy atom. The average molecular weight is 800 g/mol. The predicted octanol–water partition coefficient (Wildman–Crippen LogP) is 8.20. The highest BCUT2D eigenvalue weighted by Gasteiger charge is 2.70. The molecule has 0 aromatic carbocycles. The van der Waals surface area contributed by atoms with Crippen LogP contribution >= 0.6 is 0 Å². The topological polar surface area (TPSA) is 161 Å². The molecule has 1 unspecified atom stereocenters. The number of carbonyl (C=O) groups is 3. The zero-order chi connectivity index (χ0) is 42.1. The van der Waals surface area contributed by atoms with Gasteiger partial charge in [-0.15, -0.1) is 0 Å². The van der Waals surface area contributed by atoms with Crippen molar-refractivity contribution in [3.63, 3.8) is 0 Å². The van der Waals surface area contributed by atoms with Gasteiger partial charge in [0.15, 0.2) is 6.10 Å². The van der Waals surface area contributed by atoms with E-state index in [1.807, 2.05) is 6.92 Å². The quantitative estimate of drug-likeness (QED) is 0.121. The lowest BCUT2D eigenvalue weighted by Gasteiger charge is -2.72. The van der Waals surface area contributed by atoms with Gasteiger partial charge < -0.3 is 30.7 Å². The number of nitrogens with two attached hydrogens (primary N) is 1. The number of β-amino-alcohol motifs (C(OH)–C–C–N with tert-alkyl or cyclic N) is 1. The zero-order valence-electron chi connectivity index (χ0n) is 36.1. The van der Waals surface area contributed by atoms with Crippen molar-refractivity contribution in [2.45, 2.75) is 137 Å². The van der Waals surface area contributed by atoms with Crippen LogP contribution in [0.5, 0.6) is 5.88 Å². The number of aromatic nitrogens is 1. The van der Waals surface area contributed by atoms with E-state index in [0.29, 0.717) is 42.4 Å². The van der Waals surface area contributed by atoms with Crippen molar-refractivity contribution in [1.29, 1.82) is 0 Å². The first-order valence-corrected chi connectivity index (χ1v) is 22.1. The summed E-state index contributed by atoms with van der Waals surface area (Å²) >= 11 is 0. The number of hydrogen-bond acceptors (Lipinski definition) is 8. The monoisotopic (exact) mass is 800 g/mol. The largest absolute Gasteiger partial charge is 0.479 e. The summed E-state index contributed by atoms with van der Waals surface area (Å²) in [6.07, 6.45) is 16.7. The molecule has 7 rings (SSSR count). The molecule has 6 aliphatic carbocycles. The van der Waals surface area contributed by atoms with Gasteiger partial charge in [0.1, 0.15) is 17.6 Å². The number of amides is 1. The number of esters is 1. The van der Waals surface area contributed by atoms with Crippen molar-refractivity contribution in [3.05, 3.63) is 59.3 Å². The molecule has 6 aliphatic rings. The second kappa shape index (κ2) is 15.2. The Bertz CT molecular complexity index is 1890. The van der Waals surface area contributed by atoms with Gasteiger partial charge in [0.05, 0.1) is 6.61 Å². The van der Waals surface area contributed by atoms with Crippen molar-refractivity contribution < 1.29 is 34.1 Å². The molecule has 1 aromatic rings. The second-order valence-corrected chi connectivity index (χ2v) is 20.6. The van der Waals surface area contributed by atoms with Gasteiger partial charge in [-0.1, -0.05) is 58.9 Å². The van der Waals surface area contributed by atoms with Crippen LogP contribution in [0.2, 0.25) is 0 Å². The summed E-state index contributed by atoms with van der Waals surface area (Å²) in [6, 6.07) is 3.22. The first kappa shape index (κ1) is 42.6. The Kier molecular flexibility index (Phi) is 11.2. The first-order valence-electron chi connectivity index (χ1n) is 22.1. The Balaban J connectivity index is 1.14. The van der Waals surface area contributed by atoms with Crippen LogP contribution in [-0.4, -0.2) is 64.4 Å². The number of nitrogens with one attached hydrogen (secondary N) is 1. The normalized spacial score (nSPS) is 39.3. The number of fused-ring (bicyclic) bond motifs is 7. The van der Waals surface area contributed by atoms with Gasteiger partial charge in [0.25, 0.3) is 5.91 Å². The van der Waals surface area contributed by atoms with Crippen LogP contribution in [0.1, 0.15) is 136 Å². The molecule has 318 valence electrons. The summed E-state index contributed by atoms with van der Waals surface area (Å²) in [5, 5.41) is 23.5. The molecule has 0 bridgehead atoms. The maximum atomic E-state index is 13.6. The van der Waals surface area contributed by atoms with Gasteiger partial charge >= 0.3 is 11.9 Å². The van der Waals surface area contributed by atoms with E-state index in [2.05, 4.69) is 70.6 Å². The minimum absolute atomic E-state index is 0.0471. The van der Waals surface area contributed by atoms with Crippen molar-refractivity contribution >= 4 is 17.8 Å². The fourth-order valence-corrected chi connectivity index (χ4v) is 14.7. The third kappa shape index (κ3) is 6.58. The Labute approximate surface area is 345 Å². The average Bonchev–Trinajstić information content (AvgIpc) is 3.57. The third-order valence-corrected chi connectivity index (χ3v) is 17.8. The molecule has 58 heavy (non-hydrogen) atoms. The summed E-state index contributed by atoms with van der Waals surface area (Å²) in [6.45, 7) is 21.7. The van der Waals surface area contributed by atoms with Crippen LogP contribution in [0.3, 0.4) is 0 Å². The predicted molar refractivity (Wildman–Crippen MR) is 224 cm³/mol. The maximum absolute atomic E-state index is 13.6. The Hall–Kier alpha value is -3.50. The minimum Gasteiger partial charge on any atom is -0.479 e. The zero-order valence-corrected chi connectivity index (χ0v) is 36.1. The van der Waals surface area contributed by atoms with Crippen molar-refractivity contribution in [2.75, 3.05) is 19.8 Å². The van der Waals surface area contributed by atoms with Crippen LogP contribution in [0, 0.1) is 56.7 Å². The van der Waals surface area contributed by atoms with Crippen LogP contribution in [0.25, 0.3) is 0 Å². The number of hydrogen-bond donors (Lipinski definition) is 4. The van der Waals surface area contributed by atoms with Gasteiger partial charge in [0, 0.05) is 18.3 Å². The molecule has 0 spiro atoms. The van der Waals surface area contributed by atoms with E-state index in [1.54, 1.807) is 18.3 Å². The van der Waals surface area contributed by atoms with Crippen LogP contribution in [0.15, 0.2) is 53.8 Å². The summed E-state index contributed by atoms with van der Waals surface area (Å²) in [5.41, 5.74) is 9.06. The smallest absolute Gasteiger partial charge is 0.333 e. The fraction of sp³-hybridized carbons (Fsp3) is 0.708. The highest BCUT2D eigenvalue weighted by Crippen LogP contribution is 2.76. The van der Waals surface area contributed by atoms with Gasteiger partial charge in [-0.2, -0.15) is 0 Å². The number of carbonyl (C=O) groups excluding carboxylic acids is 2. The number of pyridine rings is 1. The molecular formula is C48H69N3O7. The van der Waals surface area contributed by atoms with Crippen LogP contribution < -0.4 is 15.8 Å². The number of aliphatic hydroxyl groups excluding tert-OH is 1. The maximum Gasteiger partial charge on any atom is 0.333 e. The number of aliphatic carboxylic acids is 1. The molecule has 11 atom stereocenters. The molecule has 0 aliphatic heterocycles. The lowest BCUT2D eigenvalue weighted by molar-refractivity contribution is -0.221. The highest BCUT2D eigenvalue weighted by atomic mass is 16.5. The van der Waals surface area contributed by atoms with Crippen LogP contribution in [-0.2, 0) is 14.3 Å². The fourth-order valence-electron chi connectivity index (χ4n) is 14.7. The van der Waals surface area contributed by atoms with E-state index in [1.165, 1.54) is 36.0 Å². The van der Waals surface area contributed by atoms with E-state index in [9.17, 15) is 24.6 Å². The number of allylic oxidation sites excluding steroid dienone is 5. The first-order chi connectivity index (χ1) is 27.3. The minimum atomic E-state index is -1.41. The molecule has 4 fully saturated rings. The molecule has 10 nitrogen and oxygen atoms in total. The van der Waals surface area contributed by atoms with E-state index in [-0.39, 0.29) is 64.4 Å². The number of primary amides is 1. The lowest BCUT2D eigenvalue weighted by Crippen LogP contribution is -2.68. The molecule has 0 radical (unpaired) electrons. The molecular weight excluding hydrogens is 731 g/mol. The number of carboxylic acid groups (broad SMARTS) is 1. The summed E-state index contributed by atoms with van der Waals surface area (Å²) in [4.78, 5) is 41.6. The molecule has 10 heteroatoms. The van der Waals surface area contributed by atoms with Crippen LogP contribution in [0.4, 0.5) is 0 Å². The van der Waals surface area contributed by atoms with Gasteiger partial charge in [0.2, 0.25) is 5.88 Å². The molecule has 0 saturated heterocycles. The highest BCUT2D eigenvalue weighted by molar-refractivity contribution is 5.95. The van der Waals surface area contributed by atoms with E-state index in [4.69, 9.17) is 15.2 Å². The number of nitrogens with zero attached hydrogens (tertiary/aromatic N) is 1. The van der Waals surface area contributed by atoms with Gasteiger partial charge in [-0.25, -0.2) is 9.78 Å². The Morgan fingerprint density at radius 3 is 2.40 bits per heavy atom. The van der Waals surface area contributed by atoms with E-state index in [0.717, 1.165) is 44.9 Å². The summed E-state index contributed by atoms with van der Waals surface area (Å²) in [7, 11) is 0. The molecule has 4 saturated carbocycles. The summed E-state index contributed by atoms with van der Waals surface area (Å²) < 4.78 is 11.7. The van der Waals surface area contributed by atoms with E-state index >= 15 is 0 Å². The van der Waals surface area contributed by atoms with Gasteiger partial charge in [-0.05, 0) is 165 Å². The standard InChI is InChI=1S/C48H69N3O7/c1-9-57-42(56)47(28-58-40-32(39(49)53)11-10-26-50-40)21-14-30(15-22-47)33-17-19-44(6)36(43(33,4)5)18-20-46(8)37(44)13-12-34-38-31(29(2)3)16-23-48(38,25-24-45(34,46)7)51-27-35(52)41(54)55/h10-11,14,17,26,31,34-38,51-52H,2,9,12-13,15-16,18-25,27-28H2,1,3-8H3,(H2,49,53)(H,54,55)/t31-,34+,35?,36-,37+,38+,44-,45+,46+,47+,48-/m0/s1. The van der Waals surface area contributed by atoms with Crippen molar-refractivity contribution in [2.24, 2.45) is 62.4 Å². The second-order valence-electron chi connectivity index (χ2n) is 20.6. The SMILES string of the molecule is C=C(C)[C@@H]1CC[C@]2(NCC(O)C(=O)O)CC[C@]3(C)[C@H](CC[C@@H]4[C@@]5(C)CC=C(C6=CC[C@@](COc7ncccc7C(N)=O)(C(=O)OCC)CC6)C(C)(C)[C@@H]5CC[C@]43C)[C@@H]12. The molecule has 1 amide bonds. The van der Waals surface area contributed by atoms with E-state index < -0.39 is 23.4 Å². The number of aliphatic hydroxyl groups is 1. The molecule has 1 heterocycles. The third-order valence-electron chi connectivity index (χ3n) is 17.8. The van der Waals surface area contributed by atoms with Crippen molar-refractivity contribution in [3.8, 4) is 5.88 Å².